The molecule has 0 radical (unpaired) electrons. The van der Waals surface area contributed by atoms with Gasteiger partial charge in [0.1, 0.15) is 0 Å². The zero-order valence-electron chi connectivity index (χ0n) is 9.89. The summed E-state index contributed by atoms with van der Waals surface area (Å²) in [6.07, 6.45) is 11.5. The Bertz CT molecular complexity index is 530. The van der Waals surface area contributed by atoms with Gasteiger partial charge in [0.05, 0.1) is 5.52 Å². The molecule has 1 aliphatic rings. The molecule has 3 heteroatoms. The predicted octanol–water partition coefficient (Wildman–Crippen LogP) is 2.75. The molecule has 0 saturated heterocycles. The number of aromatic nitrogens is 2. The van der Waals surface area contributed by atoms with Crippen LogP contribution in [0.25, 0.3) is 10.9 Å². The minimum Gasteiger partial charge on any atom is -0.321 e. The number of fused-ring (bicyclic) bond motifs is 1. The summed E-state index contributed by atoms with van der Waals surface area (Å²) in [6.45, 7) is 0. The first kappa shape index (κ1) is 10.7. The van der Waals surface area contributed by atoms with E-state index in [9.17, 15) is 0 Å². The molecule has 2 aromatic heterocycles. The molecular weight excluding hydrogens is 210 g/mol. The summed E-state index contributed by atoms with van der Waals surface area (Å²) in [5.74, 6) is 0. The summed E-state index contributed by atoms with van der Waals surface area (Å²) in [4.78, 5) is 8.62. The quantitative estimate of drug-likeness (QED) is 0.815. The maximum atomic E-state index is 6.51. The average Bonchev–Trinajstić information content (AvgIpc) is 2.39. The average molecular weight is 227 g/mol. The van der Waals surface area contributed by atoms with E-state index in [0.29, 0.717) is 0 Å². The van der Waals surface area contributed by atoms with Crippen molar-refractivity contribution in [2.24, 2.45) is 5.73 Å². The van der Waals surface area contributed by atoms with Gasteiger partial charge < -0.3 is 5.73 Å². The molecule has 0 spiro atoms. The summed E-state index contributed by atoms with van der Waals surface area (Å²) in [5, 5.41) is 1.08. The van der Waals surface area contributed by atoms with Gasteiger partial charge in [-0.3, -0.25) is 9.97 Å². The first-order chi connectivity index (χ1) is 8.28. The van der Waals surface area contributed by atoms with Crippen molar-refractivity contribution in [3.8, 4) is 0 Å². The summed E-state index contributed by atoms with van der Waals surface area (Å²) in [7, 11) is 0. The molecule has 17 heavy (non-hydrogen) atoms. The van der Waals surface area contributed by atoms with Crippen LogP contribution in [0.1, 0.15) is 37.7 Å². The third kappa shape index (κ3) is 1.91. The number of hydrogen-bond donors (Lipinski definition) is 1. The molecule has 2 aromatic rings. The second kappa shape index (κ2) is 4.08. The third-order valence-electron chi connectivity index (χ3n) is 3.80. The topological polar surface area (TPSA) is 51.8 Å². The molecular formula is C14H17N3. The molecule has 0 aromatic carbocycles. The van der Waals surface area contributed by atoms with Crippen molar-refractivity contribution in [2.45, 2.75) is 37.6 Å². The van der Waals surface area contributed by atoms with E-state index in [2.05, 4.69) is 16.0 Å². The fraction of sp³-hybridized carbons (Fsp3) is 0.429. The van der Waals surface area contributed by atoms with E-state index in [-0.39, 0.29) is 5.54 Å². The van der Waals surface area contributed by atoms with Crippen molar-refractivity contribution in [2.75, 3.05) is 0 Å². The maximum absolute atomic E-state index is 6.51. The molecule has 1 saturated carbocycles. The Balaban J connectivity index is 2.05. The summed E-state index contributed by atoms with van der Waals surface area (Å²) in [5.41, 5.74) is 8.49. The fourth-order valence-electron chi connectivity index (χ4n) is 2.72. The largest absolute Gasteiger partial charge is 0.321 e. The van der Waals surface area contributed by atoms with E-state index in [0.717, 1.165) is 29.3 Å². The Morgan fingerprint density at radius 2 is 1.94 bits per heavy atom. The van der Waals surface area contributed by atoms with Gasteiger partial charge in [-0.15, -0.1) is 0 Å². The molecule has 2 heterocycles. The van der Waals surface area contributed by atoms with Crippen LogP contribution in [0.15, 0.2) is 30.7 Å². The van der Waals surface area contributed by atoms with Gasteiger partial charge in [0.15, 0.2) is 0 Å². The number of hydrogen-bond acceptors (Lipinski definition) is 3. The van der Waals surface area contributed by atoms with Crippen molar-refractivity contribution in [3.05, 3.63) is 36.3 Å². The lowest BCUT2D eigenvalue weighted by Gasteiger charge is -2.33. The number of pyridine rings is 2. The number of nitrogens with zero attached hydrogens (tertiary/aromatic N) is 2. The van der Waals surface area contributed by atoms with Gasteiger partial charge >= 0.3 is 0 Å². The first-order valence-electron chi connectivity index (χ1n) is 6.27. The van der Waals surface area contributed by atoms with Gasteiger partial charge in [-0.25, -0.2) is 0 Å². The number of nitrogens with two attached hydrogens (primary N) is 1. The predicted molar refractivity (Wildman–Crippen MR) is 68.5 cm³/mol. The van der Waals surface area contributed by atoms with Crippen LogP contribution in [0.5, 0.6) is 0 Å². The van der Waals surface area contributed by atoms with Gasteiger partial charge in [-0.05, 0) is 30.5 Å². The van der Waals surface area contributed by atoms with Crippen LogP contribution >= 0.6 is 0 Å². The van der Waals surface area contributed by atoms with E-state index >= 15 is 0 Å². The fourth-order valence-corrected chi connectivity index (χ4v) is 2.72. The zero-order valence-corrected chi connectivity index (χ0v) is 9.89. The third-order valence-corrected chi connectivity index (χ3v) is 3.80. The van der Waals surface area contributed by atoms with Crippen molar-refractivity contribution in [1.82, 2.24) is 9.97 Å². The van der Waals surface area contributed by atoms with E-state index in [1.807, 2.05) is 18.5 Å². The Kier molecular flexibility index (Phi) is 2.56. The highest BCUT2D eigenvalue weighted by Gasteiger charge is 2.29. The van der Waals surface area contributed by atoms with E-state index in [4.69, 9.17) is 5.73 Å². The van der Waals surface area contributed by atoms with E-state index < -0.39 is 0 Å². The molecule has 0 aliphatic heterocycles. The van der Waals surface area contributed by atoms with Gasteiger partial charge in [0.2, 0.25) is 0 Å². The van der Waals surface area contributed by atoms with Crippen LogP contribution in [0.2, 0.25) is 0 Å². The van der Waals surface area contributed by atoms with E-state index in [1.165, 1.54) is 19.3 Å². The van der Waals surface area contributed by atoms with Crippen molar-refractivity contribution < 1.29 is 0 Å². The molecule has 88 valence electrons. The molecule has 0 bridgehead atoms. The highest BCUT2D eigenvalue weighted by atomic mass is 14.8. The molecule has 0 atom stereocenters. The van der Waals surface area contributed by atoms with Gasteiger partial charge in [0, 0.05) is 29.5 Å². The van der Waals surface area contributed by atoms with Crippen molar-refractivity contribution in [3.63, 3.8) is 0 Å². The second-order valence-electron chi connectivity index (χ2n) is 5.01. The Hall–Kier alpha value is -1.48. The van der Waals surface area contributed by atoms with Crippen LogP contribution in [-0.2, 0) is 5.54 Å². The summed E-state index contributed by atoms with van der Waals surface area (Å²) >= 11 is 0. The van der Waals surface area contributed by atoms with E-state index in [1.54, 1.807) is 6.20 Å². The molecule has 1 aliphatic carbocycles. The monoisotopic (exact) mass is 227 g/mol. The van der Waals surface area contributed by atoms with Crippen molar-refractivity contribution >= 4 is 10.9 Å². The van der Waals surface area contributed by atoms with Crippen LogP contribution in [0.4, 0.5) is 0 Å². The summed E-state index contributed by atoms with van der Waals surface area (Å²) < 4.78 is 0. The lowest BCUT2D eigenvalue weighted by Crippen LogP contribution is -2.38. The maximum Gasteiger partial charge on any atom is 0.0732 e. The molecule has 2 N–H and O–H groups in total. The van der Waals surface area contributed by atoms with Crippen LogP contribution < -0.4 is 5.73 Å². The molecule has 0 unspecified atom stereocenters. The lowest BCUT2D eigenvalue weighted by molar-refractivity contribution is 0.302. The highest BCUT2D eigenvalue weighted by molar-refractivity contribution is 5.77. The van der Waals surface area contributed by atoms with Crippen LogP contribution in [-0.4, -0.2) is 9.97 Å². The highest BCUT2D eigenvalue weighted by Crippen LogP contribution is 2.35. The standard InChI is InChI=1S/C14H17N3/c15-14(5-2-1-3-6-14)12-8-11-9-16-7-4-13(11)17-10-12/h4,7-10H,1-3,5-6,15H2. The second-order valence-corrected chi connectivity index (χ2v) is 5.01. The van der Waals surface area contributed by atoms with Gasteiger partial charge in [0.25, 0.3) is 0 Å². The molecule has 0 amide bonds. The smallest absolute Gasteiger partial charge is 0.0732 e. The Morgan fingerprint density at radius 1 is 1.12 bits per heavy atom. The lowest BCUT2D eigenvalue weighted by atomic mass is 9.78. The van der Waals surface area contributed by atoms with Crippen molar-refractivity contribution in [1.29, 1.82) is 0 Å². The normalized spacial score (nSPS) is 19.4. The Labute approximate surface area is 101 Å². The van der Waals surface area contributed by atoms with Gasteiger partial charge in [-0.1, -0.05) is 19.3 Å². The molecule has 3 nitrogen and oxygen atoms in total. The Morgan fingerprint density at radius 3 is 2.76 bits per heavy atom. The minimum atomic E-state index is -0.171. The SMILES string of the molecule is NC1(c2cnc3ccncc3c2)CCCCC1. The zero-order chi connectivity index (χ0) is 11.7. The molecule has 1 fully saturated rings. The molecule has 3 rings (SSSR count). The van der Waals surface area contributed by atoms with Crippen LogP contribution in [0, 0.1) is 0 Å². The summed E-state index contributed by atoms with van der Waals surface area (Å²) in [6, 6.07) is 4.09. The first-order valence-corrected chi connectivity index (χ1v) is 6.27. The number of rotatable bonds is 1. The minimum absolute atomic E-state index is 0.171. The van der Waals surface area contributed by atoms with Crippen LogP contribution in [0.3, 0.4) is 0 Å². The van der Waals surface area contributed by atoms with Gasteiger partial charge in [-0.2, -0.15) is 0 Å².